The molecule has 11 atom stereocenters. The van der Waals surface area contributed by atoms with Crippen LogP contribution in [0.2, 0.25) is 0 Å². The summed E-state index contributed by atoms with van der Waals surface area (Å²) in [7, 11) is 0. The molecule has 5 unspecified atom stereocenters. The minimum absolute atomic E-state index is 0.0384. The fraction of sp³-hybridized carbons (Fsp3) is 0.864. The average molecular weight is 429 g/mol. The molecule has 0 amide bonds. The first-order valence-corrected chi connectivity index (χ1v) is 10.9. The molecule has 0 N–H and O–H groups in total. The molecular weight excluding hydrogens is 392 g/mol. The van der Waals surface area contributed by atoms with Crippen molar-refractivity contribution in [1.82, 2.24) is 0 Å². The summed E-state index contributed by atoms with van der Waals surface area (Å²) in [5.74, 6) is -0.299. The Morgan fingerprint density at radius 1 is 1.00 bits per heavy atom. The van der Waals surface area contributed by atoms with Gasteiger partial charge in [-0.1, -0.05) is 26.8 Å². The van der Waals surface area contributed by atoms with Crippen LogP contribution in [0.3, 0.4) is 0 Å². The fourth-order valence-electron chi connectivity index (χ4n) is 4.45. The van der Waals surface area contributed by atoms with Crippen LogP contribution in [0.15, 0.2) is 12.7 Å². The molecule has 0 radical (unpaired) electrons. The van der Waals surface area contributed by atoms with E-state index in [1.54, 1.807) is 6.08 Å². The van der Waals surface area contributed by atoms with E-state index in [0.717, 1.165) is 0 Å². The lowest BCUT2D eigenvalue weighted by molar-refractivity contribution is -0.362. The van der Waals surface area contributed by atoms with Gasteiger partial charge in [-0.3, -0.25) is 4.79 Å². The lowest BCUT2D eigenvalue weighted by Crippen LogP contribution is -2.61. The van der Waals surface area contributed by atoms with Crippen molar-refractivity contribution < 1.29 is 38.0 Å². The maximum atomic E-state index is 11.8. The smallest absolute Gasteiger partial charge is 0.303 e. The number of fused-ring (bicyclic) bond motifs is 1. The second-order valence-corrected chi connectivity index (χ2v) is 8.63. The van der Waals surface area contributed by atoms with Gasteiger partial charge in [-0.15, -0.1) is 6.58 Å². The van der Waals surface area contributed by atoms with Crippen LogP contribution in [-0.2, 0) is 38.0 Å². The maximum Gasteiger partial charge on any atom is 0.303 e. The first-order chi connectivity index (χ1) is 14.2. The number of hydrogen-bond acceptors (Lipinski definition) is 8. The lowest BCUT2D eigenvalue weighted by Gasteiger charge is -2.50. The molecule has 0 spiro atoms. The second-order valence-electron chi connectivity index (χ2n) is 8.63. The Hall–Kier alpha value is -1.03. The maximum absolute atomic E-state index is 11.8. The normalized spacial score (nSPS) is 46.7. The molecule has 0 saturated carbocycles. The predicted molar refractivity (Wildman–Crippen MR) is 107 cm³/mol. The van der Waals surface area contributed by atoms with Crippen molar-refractivity contribution in [1.29, 1.82) is 0 Å². The summed E-state index contributed by atoms with van der Waals surface area (Å²) in [5, 5.41) is 0. The van der Waals surface area contributed by atoms with Crippen molar-refractivity contribution in [3.63, 3.8) is 0 Å². The van der Waals surface area contributed by atoms with E-state index in [-0.39, 0.29) is 48.3 Å². The van der Waals surface area contributed by atoms with E-state index in [2.05, 4.69) is 20.4 Å². The standard InChI is InChI=1S/C22H36O8/c1-8-9-24-21-13(4)19(27-15(6)23)20(14(5)26-21)30-22-12(3)11(2)18-17(29-22)10-25-16(7)28-18/h8,11-14,16-22H,1,9-10H2,2-7H3/t11-,12?,13?,14?,16?,17?,18+,19+,20-,21-,22+/m1/s1. The van der Waals surface area contributed by atoms with Crippen molar-refractivity contribution >= 4 is 5.97 Å². The average Bonchev–Trinajstić information content (AvgIpc) is 2.70. The van der Waals surface area contributed by atoms with Crippen molar-refractivity contribution in [3.8, 4) is 0 Å². The van der Waals surface area contributed by atoms with Crippen LogP contribution in [0.4, 0.5) is 0 Å². The third kappa shape index (κ3) is 5.06. The van der Waals surface area contributed by atoms with Crippen LogP contribution >= 0.6 is 0 Å². The highest BCUT2D eigenvalue weighted by Crippen LogP contribution is 2.39. The Morgan fingerprint density at radius 3 is 2.40 bits per heavy atom. The Bertz CT molecular complexity index is 596. The predicted octanol–water partition coefficient (Wildman–Crippen LogP) is 2.65. The van der Waals surface area contributed by atoms with Crippen LogP contribution in [0.5, 0.6) is 0 Å². The third-order valence-corrected chi connectivity index (χ3v) is 6.35. The summed E-state index contributed by atoms with van der Waals surface area (Å²) in [6, 6.07) is 0. The molecule has 8 nitrogen and oxygen atoms in total. The Balaban J connectivity index is 1.74. The van der Waals surface area contributed by atoms with Gasteiger partial charge < -0.3 is 33.2 Å². The molecule has 0 aromatic carbocycles. The van der Waals surface area contributed by atoms with Gasteiger partial charge in [-0.25, -0.2) is 0 Å². The van der Waals surface area contributed by atoms with E-state index in [0.29, 0.717) is 13.2 Å². The van der Waals surface area contributed by atoms with Crippen LogP contribution in [0.1, 0.15) is 41.5 Å². The molecule has 3 saturated heterocycles. The number of carbonyl (C=O) groups is 1. The van der Waals surface area contributed by atoms with Gasteiger partial charge >= 0.3 is 5.97 Å². The highest BCUT2D eigenvalue weighted by molar-refractivity contribution is 5.66. The molecule has 3 aliphatic rings. The van der Waals surface area contributed by atoms with Crippen LogP contribution in [0.25, 0.3) is 0 Å². The number of esters is 1. The summed E-state index contributed by atoms with van der Waals surface area (Å²) in [4.78, 5) is 11.8. The molecule has 172 valence electrons. The van der Waals surface area contributed by atoms with Gasteiger partial charge in [-0.05, 0) is 19.8 Å². The summed E-state index contributed by atoms with van der Waals surface area (Å²) >= 11 is 0. The molecule has 8 heteroatoms. The first-order valence-electron chi connectivity index (χ1n) is 10.9. The van der Waals surface area contributed by atoms with Crippen LogP contribution < -0.4 is 0 Å². The highest BCUT2D eigenvalue weighted by atomic mass is 16.8. The zero-order valence-electron chi connectivity index (χ0n) is 18.8. The zero-order chi connectivity index (χ0) is 22.0. The molecule has 30 heavy (non-hydrogen) atoms. The number of hydrogen-bond donors (Lipinski definition) is 0. The minimum atomic E-state index is -0.524. The zero-order valence-corrected chi connectivity index (χ0v) is 18.8. The molecular formula is C22H36O8. The molecule has 0 bridgehead atoms. The van der Waals surface area contributed by atoms with Gasteiger partial charge in [0.15, 0.2) is 18.9 Å². The van der Waals surface area contributed by atoms with Gasteiger partial charge in [0, 0.05) is 18.8 Å². The molecule has 3 heterocycles. The van der Waals surface area contributed by atoms with Crippen molar-refractivity contribution in [2.45, 2.75) is 90.9 Å². The van der Waals surface area contributed by atoms with E-state index in [9.17, 15) is 4.79 Å². The van der Waals surface area contributed by atoms with E-state index in [1.165, 1.54) is 6.92 Å². The Labute approximate surface area is 179 Å². The van der Waals surface area contributed by atoms with Gasteiger partial charge in [0.05, 0.1) is 25.4 Å². The first kappa shape index (κ1) is 23.6. The number of ether oxygens (including phenoxy) is 7. The molecule has 3 rings (SSSR count). The van der Waals surface area contributed by atoms with Crippen LogP contribution in [-0.4, -0.2) is 68.6 Å². The summed E-state index contributed by atoms with van der Waals surface area (Å²) in [5.41, 5.74) is 0. The molecule has 0 aliphatic carbocycles. The van der Waals surface area contributed by atoms with Crippen molar-refractivity contribution in [2.24, 2.45) is 17.8 Å². The van der Waals surface area contributed by atoms with E-state index in [4.69, 9.17) is 33.2 Å². The van der Waals surface area contributed by atoms with E-state index < -0.39 is 24.8 Å². The Morgan fingerprint density at radius 2 is 1.73 bits per heavy atom. The van der Waals surface area contributed by atoms with Gasteiger partial charge in [0.25, 0.3) is 0 Å². The molecule has 3 aliphatic heterocycles. The van der Waals surface area contributed by atoms with Crippen molar-refractivity contribution in [3.05, 3.63) is 12.7 Å². The summed E-state index contributed by atoms with van der Waals surface area (Å²) < 4.78 is 41.7. The third-order valence-electron chi connectivity index (χ3n) is 6.35. The SMILES string of the molecule is C=CCO[C@@H]1OC(C)[C@@H](O[C@@H]2OC3COC(C)O[C@H]3[C@H](C)C2C)[C@@H](OC(C)=O)C1C. The lowest BCUT2D eigenvalue weighted by atomic mass is 9.84. The van der Waals surface area contributed by atoms with Gasteiger partial charge in [0.2, 0.25) is 0 Å². The molecule has 0 aromatic heterocycles. The topological polar surface area (TPSA) is 81.7 Å². The number of carbonyl (C=O) groups excluding carboxylic acids is 1. The summed E-state index contributed by atoms with van der Waals surface area (Å²) in [6.45, 7) is 15.8. The van der Waals surface area contributed by atoms with E-state index in [1.807, 2.05) is 20.8 Å². The fourth-order valence-corrected chi connectivity index (χ4v) is 4.45. The summed E-state index contributed by atoms with van der Waals surface area (Å²) in [6.07, 6.45) is -1.20. The van der Waals surface area contributed by atoms with Gasteiger partial charge in [0.1, 0.15) is 18.3 Å². The highest BCUT2D eigenvalue weighted by Gasteiger charge is 2.50. The second kappa shape index (κ2) is 10.1. The monoisotopic (exact) mass is 428 g/mol. The number of rotatable bonds is 6. The van der Waals surface area contributed by atoms with E-state index >= 15 is 0 Å². The molecule has 0 aromatic rings. The van der Waals surface area contributed by atoms with Gasteiger partial charge in [-0.2, -0.15) is 0 Å². The Kier molecular flexibility index (Phi) is 7.92. The van der Waals surface area contributed by atoms with Crippen LogP contribution in [0, 0.1) is 17.8 Å². The molecule has 3 fully saturated rings. The minimum Gasteiger partial charge on any atom is -0.459 e. The quantitative estimate of drug-likeness (QED) is 0.472. The van der Waals surface area contributed by atoms with Crippen molar-refractivity contribution in [2.75, 3.05) is 13.2 Å². The largest absolute Gasteiger partial charge is 0.459 e.